The van der Waals surface area contributed by atoms with Crippen LogP contribution < -0.4 is 15.6 Å². The fourth-order valence-electron chi connectivity index (χ4n) is 4.10. The van der Waals surface area contributed by atoms with Gasteiger partial charge in [0, 0.05) is 41.2 Å². The van der Waals surface area contributed by atoms with E-state index in [9.17, 15) is 14.4 Å². The third-order valence-corrected chi connectivity index (χ3v) is 6.09. The third kappa shape index (κ3) is 4.36. The van der Waals surface area contributed by atoms with Crippen LogP contribution in [0.4, 0.5) is 5.69 Å². The number of carbonyl (C=O) groups excluding carboxylic acids is 2. The zero-order valence-electron chi connectivity index (χ0n) is 19.8. The number of nitrogens with zero attached hydrogens (tertiary/aromatic N) is 2. The minimum absolute atomic E-state index is 0.0936. The summed E-state index contributed by atoms with van der Waals surface area (Å²) in [7, 11) is 1.57. The summed E-state index contributed by atoms with van der Waals surface area (Å²) in [6.07, 6.45) is 1.55. The molecule has 8 nitrogen and oxygen atoms in total. The molecule has 0 fully saturated rings. The lowest BCUT2D eigenvalue weighted by Crippen LogP contribution is -2.23. The zero-order valence-corrected chi connectivity index (χ0v) is 19.8. The van der Waals surface area contributed by atoms with Gasteiger partial charge in [0.15, 0.2) is 5.76 Å². The van der Waals surface area contributed by atoms with Gasteiger partial charge in [-0.15, -0.1) is 0 Å². The lowest BCUT2D eigenvalue weighted by molar-refractivity contribution is -0.116. The molecule has 0 aliphatic heterocycles. The number of hydrogen-bond donors (Lipinski definition) is 1. The molecule has 0 spiro atoms. The van der Waals surface area contributed by atoms with Crippen LogP contribution in [0.1, 0.15) is 28.1 Å². The summed E-state index contributed by atoms with van der Waals surface area (Å²) in [5.74, 6) is 0.426. The van der Waals surface area contributed by atoms with Crippen molar-refractivity contribution in [2.75, 3.05) is 12.4 Å². The first-order valence-corrected chi connectivity index (χ1v) is 11.4. The summed E-state index contributed by atoms with van der Waals surface area (Å²) in [6, 6.07) is 19.2. The van der Waals surface area contributed by atoms with Crippen molar-refractivity contribution in [2.24, 2.45) is 0 Å². The first kappa shape index (κ1) is 23.0. The molecule has 2 heterocycles. The molecule has 0 radical (unpaired) electrons. The average molecular weight is 482 g/mol. The predicted molar refractivity (Wildman–Crippen MR) is 137 cm³/mol. The van der Waals surface area contributed by atoms with E-state index in [0.717, 1.165) is 10.9 Å². The number of rotatable bonds is 7. The van der Waals surface area contributed by atoms with Gasteiger partial charge in [-0.1, -0.05) is 12.1 Å². The molecule has 0 unspecified atom stereocenters. The van der Waals surface area contributed by atoms with Crippen molar-refractivity contribution in [3.8, 4) is 5.75 Å². The van der Waals surface area contributed by atoms with Crippen LogP contribution in [0, 0.1) is 6.92 Å². The lowest BCUT2D eigenvalue weighted by atomic mass is 10.0. The number of anilines is 1. The number of amides is 1. The largest absolute Gasteiger partial charge is 0.497 e. The molecular formula is C28H23N3O5. The number of furan rings is 1. The normalized spacial score (nSPS) is 11.1. The number of carbonyl (C=O) groups is 2. The second kappa shape index (κ2) is 9.50. The minimum Gasteiger partial charge on any atom is -0.497 e. The lowest BCUT2D eigenvalue weighted by Gasteiger charge is -2.08. The van der Waals surface area contributed by atoms with E-state index in [2.05, 4.69) is 10.3 Å². The van der Waals surface area contributed by atoms with Crippen molar-refractivity contribution in [1.82, 2.24) is 9.55 Å². The van der Waals surface area contributed by atoms with Crippen LogP contribution >= 0.6 is 0 Å². The van der Waals surface area contributed by atoms with Gasteiger partial charge in [-0.2, -0.15) is 0 Å². The Bertz CT molecular complexity index is 1670. The van der Waals surface area contributed by atoms with E-state index in [1.165, 1.54) is 10.9 Å². The van der Waals surface area contributed by atoms with Gasteiger partial charge in [0.25, 0.3) is 5.56 Å². The van der Waals surface area contributed by atoms with E-state index in [1.807, 2.05) is 19.1 Å². The van der Waals surface area contributed by atoms with Crippen LogP contribution in [-0.2, 0) is 11.3 Å². The molecule has 0 aliphatic carbocycles. The Morgan fingerprint density at radius 3 is 2.58 bits per heavy atom. The minimum atomic E-state index is -0.257. The summed E-state index contributed by atoms with van der Waals surface area (Å²) in [5, 5.41) is 4.13. The Labute approximate surface area is 206 Å². The number of nitrogens with one attached hydrogen (secondary N) is 1. The van der Waals surface area contributed by atoms with Gasteiger partial charge in [-0.05, 0) is 55.5 Å². The van der Waals surface area contributed by atoms with Gasteiger partial charge < -0.3 is 14.5 Å². The molecule has 0 saturated heterocycles. The van der Waals surface area contributed by atoms with Crippen LogP contribution in [0.25, 0.3) is 21.9 Å². The van der Waals surface area contributed by atoms with Crippen molar-refractivity contribution < 1.29 is 18.7 Å². The third-order valence-electron chi connectivity index (χ3n) is 6.09. The number of benzene rings is 3. The molecule has 1 N–H and O–H groups in total. The zero-order chi connectivity index (χ0) is 25.2. The van der Waals surface area contributed by atoms with Crippen molar-refractivity contribution in [1.29, 1.82) is 0 Å². The van der Waals surface area contributed by atoms with Crippen molar-refractivity contribution in [3.63, 3.8) is 0 Å². The fourth-order valence-corrected chi connectivity index (χ4v) is 4.10. The summed E-state index contributed by atoms with van der Waals surface area (Å²) >= 11 is 0. The molecule has 8 heteroatoms. The second-order valence-electron chi connectivity index (χ2n) is 8.38. The van der Waals surface area contributed by atoms with E-state index in [4.69, 9.17) is 9.15 Å². The van der Waals surface area contributed by atoms with Crippen LogP contribution in [0.15, 0.2) is 82.3 Å². The van der Waals surface area contributed by atoms with Gasteiger partial charge in [0.05, 0.1) is 24.3 Å². The molecule has 0 saturated carbocycles. The van der Waals surface area contributed by atoms with Crippen molar-refractivity contribution in [3.05, 3.63) is 100 Å². The van der Waals surface area contributed by atoms with Gasteiger partial charge >= 0.3 is 0 Å². The number of aryl methyl sites for hydroxylation is 2. The standard InChI is InChI=1S/C28H23N3O5/c1-17-21-12-9-19(15-24(21)36-27(17)26(33)18-7-10-20(35-2)11-8-18)30-25(32)13-14-31-16-29-23-6-4-3-5-22(23)28(31)34/h3-12,15-16H,13-14H2,1-2H3,(H,30,32). The number of hydrogen-bond acceptors (Lipinski definition) is 6. The van der Waals surface area contributed by atoms with Crippen LogP contribution in [0.3, 0.4) is 0 Å². The molecular weight excluding hydrogens is 458 g/mol. The molecule has 1 amide bonds. The summed E-state index contributed by atoms with van der Waals surface area (Å²) in [5.41, 5.74) is 2.69. The highest BCUT2D eigenvalue weighted by Gasteiger charge is 2.20. The first-order valence-electron chi connectivity index (χ1n) is 11.4. The Kier molecular flexibility index (Phi) is 6.08. The molecule has 5 rings (SSSR count). The second-order valence-corrected chi connectivity index (χ2v) is 8.38. The topological polar surface area (TPSA) is 103 Å². The molecule has 5 aromatic rings. The van der Waals surface area contributed by atoms with Gasteiger partial charge in [-0.3, -0.25) is 19.0 Å². The Hall–Kier alpha value is -4.72. The monoisotopic (exact) mass is 481 g/mol. The number of ether oxygens (including phenoxy) is 1. The molecule has 0 aliphatic rings. The Morgan fingerprint density at radius 2 is 1.81 bits per heavy atom. The molecule has 36 heavy (non-hydrogen) atoms. The maximum atomic E-state index is 13.0. The van der Waals surface area contributed by atoms with Gasteiger partial charge in [0.2, 0.25) is 11.7 Å². The number of aromatic nitrogens is 2. The van der Waals surface area contributed by atoms with Gasteiger partial charge in [0.1, 0.15) is 11.3 Å². The van der Waals surface area contributed by atoms with Crippen LogP contribution in [0.5, 0.6) is 5.75 Å². The maximum absolute atomic E-state index is 13.0. The maximum Gasteiger partial charge on any atom is 0.261 e. The smallest absolute Gasteiger partial charge is 0.261 e. The summed E-state index contributed by atoms with van der Waals surface area (Å²) < 4.78 is 12.5. The molecule has 0 atom stereocenters. The highest BCUT2D eigenvalue weighted by atomic mass is 16.5. The molecule has 180 valence electrons. The SMILES string of the molecule is COc1ccc(C(=O)c2oc3cc(NC(=O)CCn4cnc5ccccc5c4=O)ccc3c2C)cc1. The van der Waals surface area contributed by atoms with E-state index >= 15 is 0 Å². The highest BCUT2D eigenvalue weighted by Crippen LogP contribution is 2.29. The highest BCUT2D eigenvalue weighted by molar-refractivity contribution is 6.10. The molecule has 0 bridgehead atoms. The number of fused-ring (bicyclic) bond motifs is 2. The quantitative estimate of drug-likeness (QED) is 0.338. The summed E-state index contributed by atoms with van der Waals surface area (Å²) in [4.78, 5) is 42.5. The molecule has 2 aromatic heterocycles. The van der Waals surface area contributed by atoms with Gasteiger partial charge in [-0.25, -0.2) is 4.98 Å². The first-order chi connectivity index (χ1) is 17.4. The van der Waals surface area contributed by atoms with Crippen molar-refractivity contribution in [2.45, 2.75) is 19.9 Å². The van der Waals surface area contributed by atoms with E-state index in [0.29, 0.717) is 33.5 Å². The summed E-state index contributed by atoms with van der Waals surface area (Å²) in [6.45, 7) is 2.03. The van der Waals surface area contributed by atoms with Crippen LogP contribution in [0.2, 0.25) is 0 Å². The average Bonchev–Trinajstić information content (AvgIpc) is 3.23. The van der Waals surface area contributed by atoms with Crippen LogP contribution in [-0.4, -0.2) is 28.4 Å². The number of ketones is 1. The van der Waals surface area contributed by atoms with Crippen molar-refractivity contribution >= 4 is 39.2 Å². The predicted octanol–water partition coefficient (Wildman–Crippen LogP) is 4.72. The number of methoxy groups -OCH3 is 1. The van der Waals surface area contributed by atoms with E-state index in [-0.39, 0.29) is 36.0 Å². The fraction of sp³-hybridized carbons (Fsp3) is 0.143. The van der Waals surface area contributed by atoms with E-state index in [1.54, 1.807) is 61.7 Å². The number of para-hydroxylation sites is 1. The Morgan fingerprint density at radius 1 is 1.03 bits per heavy atom. The Balaban J connectivity index is 1.30. The molecule has 3 aromatic carbocycles. The van der Waals surface area contributed by atoms with E-state index < -0.39 is 0 Å².